The molecule has 1 saturated carbocycles. The van der Waals surface area contributed by atoms with Crippen LogP contribution >= 0.6 is 0 Å². The lowest BCUT2D eigenvalue weighted by Crippen LogP contribution is -2.51. The van der Waals surface area contributed by atoms with Gasteiger partial charge in [0.1, 0.15) is 16.3 Å². The second kappa shape index (κ2) is 7.59. The number of aromatic nitrogens is 2. The van der Waals surface area contributed by atoms with Crippen LogP contribution in [-0.4, -0.2) is 41.9 Å². The van der Waals surface area contributed by atoms with Gasteiger partial charge in [-0.25, -0.2) is 12.8 Å². The molecule has 1 aliphatic carbocycles. The van der Waals surface area contributed by atoms with Crippen molar-refractivity contribution in [2.75, 3.05) is 13.1 Å². The number of benzene rings is 1. The Morgan fingerprint density at radius 3 is 2.50 bits per heavy atom. The predicted molar refractivity (Wildman–Crippen MR) is 98.5 cm³/mol. The molecule has 0 radical (unpaired) electrons. The zero-order valence-corrected chi connectivity index (χ0v) is 16.8. The van der Waals surface area contributed by atoms with E-state index in [2.05, 4.69) is 15.5 Å². The van der Waals surface area contributed by atoms with E-state index in [0.717, 1.165) is 22.9 Å². The molecule has 1 heterocycles. The Bertz CT molecular complexity index is 981. The summed E-state index contributed by atoms with van der Waals surface area (Å²) in [5.74, 6) is -0.624. The van der Waals surface area contributed by atoms with E-state index in [1.807, 2.05) is 0 Å². The van der Waals surface area contributed by atoms with Crippen molar-refractivity contribution in [1.82, 2.24) is 19.8 Å². The monoisotopic (exact) mass is 410 g/mol. The third kappa shape index (κ3) is 3.53. The van der Waals surface area contributed by atoms with E-state index in [1.54, 1.807) is 20.8 Å². The standard InChI is InChI=1S/C18H23FN4O4S/c1-4-23(5-2)28(25,26)15-11-13(7-8-14(15)19)16(24)21-18(9-6-10-18)17-20-12(3)27-22-17/h7-8,11H,4-6,9-10H2,1-3H3,(H,21,24). The number of carbonyl (C=O) groups excluding carboxylic acids is 1. The molecule has 0 unspecified atom stereocenters. The number of halogens is 1. The van der Waals surface area contributed by atoms with Gasteiger partial charge in [-0.3, -0.25) is 4.79 Å². The summed E-state index contributed by atoms with van der Waals surface area (Å²) in [5, 5.41) is 6.79. The third-order valence-electron chi connectivity index (χ3n) is 5.03. The van der Waals surface area contributed by atoms with Crippen molar-refractivity contribution in [1.29, 1.82) is 0 Å². The minimum atomic E-state index is -4.03. The first-order chi connectivity index (χ1) is 13.2. The van der Waals surface area contributed by atoms with Crippen LogP contribution in [0.2, 0.25) is 0 Å². The van der Waals surface area contributed by atoms with Crippen molar-refractivity contribution in [3.05, 3.63) is 41.3 Å². The lowest BCUT2D eigenvalue weighted by Gasteiger charge is -2.39. The van der Waals surface area contributed by atoms with Crippen LogP contribution in [0, 0.1) is 12.7 Å². The molecule has 1 amide bonds. The molecule has 3 rings (SSSR count). The minimum absolute atomic E-state index is 0.0543. The average molecular weight is 410 g/mol. The van der Waals surface area contributed by atoms with Gasteiger partial charge >= 0.3 is 0 Å². The van der Waals surface area contributed by atoms with Crippen LogP contribution < -0.4 is 5.32 Å². The Balaban J connectivity index is 1.91. The maximum atomic E-state index is 14.3. The van der Waals surface area contributed by atoms with E-state index >= 15 is 0 Å². The maximum absolute atomic E-state index is 14.3. The van der Waals surface area contributed by atoms with E-state index in [4.69, 9.17) is 4.52 Å². The van der Waals surface area contributed by atoms with E-state index in [0.29, 0.717) is 24.6 Å². The highest BCUT2D eigenvalue weighted by Crippen LogP contribution is 2.40. The lowest BCUT2D eigenvalue weighted by molar-refractivity contribution is 0.0804. The molecule has 28 heavy (non-hydrogen) atoms. The summed E-state index contributed by atoms with van der Waals surface area (Å²) >= 11 is 0. The fraction of sp³-hybridized carbons (Fsp3) is 0.500. The van der Waals surface area contributed by atoms with E-state index in [1.165, 1.54) is 6.07 Å². The highest BCUT2D eigenvalue weighted by Gasteiger charge is 2.44. The molecule has 152 valence electrons. The smallest absolute Gasteiger partial charge is 0.252 e. The van der Waals surface area contributed by atoms with E-state index in [-0.39, 0.29) is 18.7 Å². The first kappa shape index (κ1) is 20.4. The first-order valence-corrected chi connectivity index (χ1v) is 10.6. The van der Waals surface area contributed by atoms with Gasteiger partial charge in [0.2, 0.25) is 15.9 Å². The molecular weight excluding hydrogens is 387 g/mol. The lowest BCUT2D eigenvalue weighted by atomic mass is 9.76. The summed E-state index contributed by atoms with van der Waals surface area (Å²) in [6.07, 6.45) is 2.17. The normalized spacial score (nSPS) is 16.0. The van der Waals surface area contributed by atoms with Crippen LogP contribution in [0.3, 0.4) is 0 Å². The zero-order chi connectivity index (χ0) is 20.5. The predicted octanol–water partition coefficient (Wildman–Crippen LogP) is 2.36. The van der Waals surface area contributed by atoms with Gasteiger partial charge in [0.25, 0.3) is 5.91 Å². The quantitative estimate of drug-likeness (QED) is 0.751. The minimum Gasteiger partial charge on any atom is -0.340 e. The molecule has 0 aliphatic heterocycles. The van der Waals surface area contributed by atoms with E-state index < -0.39 is 32.2 Å². The van der Waals surface area contributed by atoms with Crippen LogP contribution in [0.25, 0.3) is 0 Å². The zero-order valence-electron chi connectivity index (χ0n) is 16.0. The van der Waals surface area contributed by atoms with Gasteiger partial charge in [-0.05, 0) is 37.5 Å². The number of aryl methyl sites for hydroxylation is 1. The summed E-state index contributed by atoms with van der Waals surface area (Å²) < 4.78 is 45.8. The Kier molecular flexibility index (Phi) is 5.53. The molecule has 8 nitrogen and oxygen atoms in total. The fourth-order valence-electron chi connectivity index (χ4n) is 3.26. The second-order valence-electron chi connectivity index (χ2n) is 6.76. The summed E-state index contributed by atoms with van der Waals surface area (Å²) in [5.41, 5.74) is -0.695. The Morgan fingerprint density at radius 2 is 2.00 bits per heavy atom. The molecule has 0 spiro atoms. The Labute approximate surface area is 163 Å². The van der Waals surface area contributed by atoms with Crippen molar-refractivity contribution in [3.63, 3.8) is 0 Å². The largest absolute Gasteiger partial charge is 0.340 e. The van der Waals surface area contributed by atoms with Gasteiger partial charge in [-0.15, -0.1) is 0 Å². The number of sulfonamides is 1. The number of hydrogen-bond acceptors (Lipinski definition) is 6. The molecule has 0 atom stereocenters. The topological polar surface area (TPSA) is 105 Å². The molecule has 1 aromatic carbocycles. The molecule has 1 N–H and O–H groups in total. The number of nitrogens with one attached hydrogen (secondary N) is 1. The van der Waals surface area contributed by atoms with Crippen molar-refractivity contribution < 1.29 is 22.1 Å². The van der Waals surface area contributed by atoms with Gasteiger partial charge < -0.3 is 9.84 Å². The molecule has 0 bridgehead atoms. The fourth-order valence-corrected chi connectivity index (χ4v) is 4.81. The average Bonchev–Trinajstić information content (AvgIpc) is 3.05. The molecule has 1 aromatic heterocycles. The van der Waals surface area contributed by atoms with Crippen molar-refractivity contribution in [2.45, 2.75) is 50.5 Å². The van der Waals surface area contributed by atoms with Gasteiger partial charge in [-0.2, -0.15) is 9.29 Å². The number of amides is 1. The van der Waals surface area contributed by atoms with Crippen LogP contribution in [0.1, 0.15) is 55.2 Å². The van der Waals surface area contributed by atoms with E-state index in [9.17, 15) is 17.6 Å². The number of nitrogens with zero attached hydrogens (tertiary/aromatic N) is 3. The molecule has 10 heteroatoms. The maximum Gasteiger partial charge on any atom is 0.252 e. The van der Waals surface area contributed by atoms with Gasteiger partial charge in [0.05, 0.1) is 0 Å². The Hall–Kier alpha value is -2.33. The van der Waals surface area contributed by atoms with Crippen LogP contribution in [0.5, 0.6) is 0 Å². The highest BCUT2D eigenvalue weighted by atomic mass is 32.2. The number of carbonyl (C=O) groups is 1. The summed E-state index contributed by atoms with van der Waals surface area (Å²) in [4.78, 5) is 16.5. The molecule has 1 aliphatic rings. The number of rotatable bonds is 7. The first-order valence-electron chi connectivity index (χ1n) is 9.16. The van der Waals surface area contributed by atoms with Crippen molar-refractivity contribution >= 4 is 15.9 Å². The highest BCUT2D eigenvalue weighted by molar-refractivity contribution is 7.89. The van der Waals surface area contributed by atoms with Crippen molar-refractivity contribution in [2.24, 2.45) is 0 Å². The van der Waals surface area contributed by atoms with Gasteiger partial charge in [0, 0.05) is 25.6 Å². The molecule has 1 fully saturated rings. The van der Waals surface area contributed by atoms with Gasteiger partial charge in [0.15, 0.2) is 5.82 Å². The second-order valence-corrected chi connectivity index (χ2v) is 8.67. The SMILES string of the molecule is CCN(CC)S(=O)(=O)c1cc(C(=O)NC2(c3noc(C)n3)CCC2)ccc1F. The van der Waals surface area contributed by atoms with Crippen LogP contribution in [0.15, 0.2) is 27.6 Å². The molecule has 2 aromatic rings. The summed E-state index contributed by atoms with van der Waals surface area (Å²) in [7, 11) is -4.03. The van der Waals surface area contributed by atoms with Gasteiger partial charge in [-0.1, -0.05) is 19.0 Å². The third-order valence-corrected chi connectivity index (χ3v) is 7.10. The van der Waals surface area contributed by atoms with Crippen molar-refractivity contribution in [3.8, 4) is 0 Å². The van der Waals surface area contributed by atoms with Crippen LogP contribution in [-0.2, 0) is 15.6 Å². The summed E-state index contributed by atoms with van der Waals surface area (Å²) in [6.45, 7) is 5.41. The Morgan fingerprint density at radius 1 is 1.32 bits per heavy atom. The number of hydrogen-bond donors (Lipinski definition) is 1. The van der Waals surface area contributed by atoms with Crippen LogP contribution in [0.4, 0.5) is 4.39 Å². The summed E-state index contributed by atoms with van der Waals surface area (Å²) in [6, 6.07) is 3.34. The molecule has 0 saturated heterocycles. The molecular formula is C18H23FN4O4S.